The van der Waals surface area contributed by atoms with Crippen LogP contribution in [-0.2, 0) is 6.42 Å². The zero-order valence-electron chi connectivity index (χ0n) is 14.9. The van der Waals surface area contributed by atoms with E-state index in [4.69, 9.17) is 9.47 Å². The minimum Gasteiger partial charge on any atom is -0.497 e. The third-order valence-electron chi connectivity index (χ3n) is 4.60. The summed E-state index contributed by atoms with van der Waals surface area (Å²) in [5, 5.41) is 0. The van der Waals surface area contributed by atoms with Gasteiger partial charge in [-0.25, -0.2) is 9.97 Å². The molecule has 1 atom stereocenters. The molecule has 24 heavy (non-hydrogen) atoms. The second-order valence-electron chi connectivity index (χ2n) is 6.20. The van der Waals surface area contributed by atoms with Crippen LogP contribution in [0.15, 0.2) is 24.3 Å². The van der Waals surface area contributed by atoms with Crippen LogP contribution in [0.1, 0.15) is 36.3 Å². The molecule has 1 aromatic heterocycles. The largest absolute Gasteiger partial charge is 0.497 e. The highest BCUT2D eigenvalue weighted by molar-refractivity contribution is 5.45. The van der Waals surface area contributed by atoms with E-state index in [1.54, 1.807) is 14.2 Å². The summed E-state index contributed by atoms with van der Waals surface area (Å²) in [6.45, 7) is 6.05. The van der Waals surface area contributed by atoms with Crippen LogP contribution in [0.4, 0.5) is 5.82 Å². The summed E-state index contributed by atoms with van der Waals surface area (Å²) in [4.78, 5) is 11.5. The lowest BCUT2D eigenvalue weighted by Crippen LogP contribution is -2.21. The first-order chi connectivity index (χ1) is 11.6. The van der Waals surface area contributed by atoms with Gasteiger partial charge in [0, 0.05) is 36.8 Å². The number of nitrogens with zero attached hydrogens (tertiary/aromatic N) is 3. The minimum absolute atomic E-state index is 0.453. The number of hydrogen-bond donors (Lipinski definition) is 0. The molecule has 1 aliphatic heterocycles. The quantitative estimate of drug-likeness (QED) is 0.843. The van der Waals surface area contributed by atoms with E-state index in [0.717, 1.165) is 54.8 Å². The molecule has 0 saturated carbocycles. The van der Waals surface area contributed by atoms with E-state index in [1.807, 2.05) is 13.0 Å². The van der Waals surface area contributed by atoms with E-state index in [-0.39, 0.29) is 0 Å². The molecule has 0 radical (unpaired) electrons. The fourth-order valence-corrected chi connectivity index (χ4v) is 3.26. The first-order valence-electron chi connectivity index (χ1n) is 8.45. The summed E-state index contributed by atoms with van der Waals surface area (Å²) < 4.78 is 10.8. The zero-order valence-corrected chi connectivity index (χ0v) is 14.9. The predicted octanol–water partition coefficient (Wildman–Crippen LogP) is 3.36. The maximum absolute atomic E-state index is 5.40. The molecule has 0 aliphatic carbocycles. The average Bonchev–Trinajstić information content (AvgIpc) is 3.10. The van der Waals surface area contributed by atoms with Gasteiger partial charge in [-0.05, 0) is 37.5 Å². The number of aromatic nitrogens is 2. The van der Waals surface area contributed by atoms with Crippen molar-refractivity contribution in [3.8, 4) is 11.5 Å². The maximum Gasteiger partial charge on any atom is 0.132 e. The van der Waals surface area contributed by atoms with Crippen molar-refractivity contribution in [3.63, 3.8) is 0 Å². The molecule has 1 saturated heterocycles. The van der Waals surface area contributed by atoms with Gasteiger partial charge in [0.1, 0.15) is 23.1 Å². The van der Waals surface area contributed by atoms with Gasteiger partial charge in [0.15, 0.2) is 0 Å². The SMILES string of the molecule is CCc1cc(N2CCC(c3cc(OC)cc(OC)c3)C2)nc(C)n1. The fraction of sp³-hybridized carbons (Fsp3) is 0.474. The van der Waals surface area contributed by atoms with Crippen LogP contribution in [0.5, 0.6) is 11.5 Å². The van der Waals surface area contributed by atoms with E-state index in [9.17, 15) is 0 Å². The predicted molar refractivity (Wildman–Crippen MR) is 95.3 cm³/mol. The summed E-state index contributed by atoms with van der Waals surface area (Å²) in [5.41, 5.74) is 2.36. The summed E-state index contributed by atoms with van der Waals surface area (Å²) in [6.07, 6.45) is 2.03. The van der Waals surface area contributed by atoms with Gasteiger partial charge in [-0.1, -0.05) is 6.92 Å². The Morgan fingerprint density at radius 1 is 1.08 bits per heavy atom. The Balaban J connectivity index is 1.82. The van der Waals surface area contributed by atoms with Crippen molar-refractivity contribution in [1.82, 2.24) is 9.97 Å². The Morgan fingerprint density at radius 3 is 2.42 bits per heavy atom. The van der Waals surface area contributed by atoms with Gasteiger partial charge in [0.05, 0.1) is 14.2 Å². The highest BCUT2D eigenvalue weighted by atomic mass is 16.5. The van der Waals surface area contributed by atoms with Gasteiger partial charge < -0.3 is 14.4 Å². The lowest BCUT2D eigenvalue weighted by molar-refractivity contribution is 0.393. The number of ether oxygens (including phenoxy) is 2. The molecule has 5 nitrogen and oxygen atoms in total. The molecule has 1 fully saturated rings. The Morgan fingerprint density at radius 2 is 1.79 bits per heavy atom. The van der Waals surface area contributed by atoms with Crippen LogP contribution in [-0.4, -0.2) is 37.3 Å². The molecule has 0 bridgehead atoms. The van der Waals surface area contributed by atoms with Crippen LogP contribution in [0.2, 0.25) is 0 Å². The molecule has 1 unspecified atom stereocenters. The minimum atomic E-state index is 0.453. The number of benzene rings is 1. The summed E-state index contributed by atoms with van der Waals surface area (Å²) >= 11 is 0. The highest BCUT2D eigenvalue weighted by Gasteiger charge is 2.26. The molecule has 2 heterocycles. The van der Waals surface area contributed by atoms with Gasteiger partial charge >= 0.3 is 0 Å². The van der Waals surface area contributed by atoms with E-state index in [1.165, 1.54) is 5.56 Å². The van der Waals surface area contributed by atoms with E-state index in [2.05, 4.69) is 40.0 Å². The lowest BCUT2D eigenvalue weighted by Gasteiger charge is -2.19. The number of aryl methyl sites for hydroxylation is 2. The van der Waals surface area contributed by atoms with Crippen molar-refractivity contribution in [2.45, 2.75) is 32.6 Å². The molecular weight excluding hydrogens is 302 g/mol. The molecule has 128 valence electrons. The molecule has 0 spiro atoms. The van der Waals surface area contributed by atoms with Crippen LogP contribution in [0.25, 0.3) is 0 Å². The van der Waals surface area contributed by atoms with Crippen LogP contribution < -0.4 is 14.4 Å². The Hall–Kier alpha value is -2.30. The number of hydrogen-bond acceptors (Lipinski definition) is 5. The van der Waals surface area contributed by atoms with Gasteiger partial charge in [-0.3, -0.25) is 0 Å². The van der Waals surface area contributed by atoms with Crippen molar-refractivity contribution in [3.05, 3.63) is 41.3 Å². The molecule has 1 aromatic carbocycles. The number of rotatable bonds is 5. The smallest absolute Gasteiger partial charge is 0.132 e. The molecule has 0 amide bonds. The van der Waals surface area contributed by atoms with Crippen LogP contribution in [0.3, 0.4) is 0 Å². The molecule has 3 rings (SSSR count). The third kappa shape index (κ3) is 3.45. The Kier molecular flexibility index (Phi) is 4.88. The first kappa shape index (κ1) is 16.6. The zero-order chi connectivity index (χ0) is 17.1. The normalized spacial score (nSPS) is 17.2. The number of methoxy groups -OCH3 is 2. The van der Waals surface area contributed by atoms with Gasteiger partial charge in [-0.2, -0.15) is 0 Å². The summed E-state index contributed by atoms with van der Waals surface area (Å²) in [5.74, 6) is 4.02. The number of anilines is 1. The molecule has 1 aliphatic rings. The Bertz CT molecular complexity index is 696. The monoisotopic (exact) mass is 327 g/mol. The molecule has 5 heteroatoms. The van der Waals surface area contributed by atoms with Gasteiger partial charge in [0.25, 0.3) is 0 Å². The topological polar surface area (TPSA) is 47.5 Å². The van der Waals surface area contributed by atoms with E-state index >= 15 is 0 Å². The van der Waals surface area contributed by atoms with E-state index < -0.39 is 0 Å². The van der Waals surface area contributed by atoms with Crippen molar-refractivity contribution >= 4 is 5.82 Å². The van der Waals surface area contributed by atoms with Crippen molar-refractivity contribution in [2.75, 3.05) is 32.2 Å². The first-order valence-corrected chi connectivity index (χ1v) is 8.45. The van der Waals surface area contributed by atoms with Crippen LogP contribution >= 0.6 is 0 Å². The molecule has 2 aromatic rings. The van der Waals surface area contributed by atoms with Crippen LogP contribution in [0, 0.1) is 6.92 Å². The van der Waals surface area contributed by atoms with Crippen molar-refractivity contribution in [2.24, 2.45) is 0 Å². The standard InChI is InChI=1S/C19H25N3O2/c1-5-16-10-19(21-13(2)20-16)22-7-6-14(12-22)15-8-17(23-3)11-18(9-15)24-4/h8-11,14H,5-7,12H2,1-4H3. The average molecular weight is 327 g/mol. The summed E-state index contributed by atoms with van der Waals surface area (Å²) in [7, 11) is 3.38. The lowest BCUT2D eigenvalue weighted by atomic mass is 9.98. The van der Waals surface area contributed by atoms with E-state index in [0.29, 0.717) is 5.92 Å². The molecule has 0 N–H and O–H groups in total. The van der Waals surface area contributed by atoms with Crippen molar-refractivity contribution < 1.29 is 9.47 Å². The maximum atomic E-state index is 5.40. The summed E-state index contributed by atoms with van der Waals surface area (Å²) in [6, 6.07) is 8.25. The fourth-order valence-electron chi connectivity index (χ4n) is 3.26. The van der Waals surface area contributed by atoms with Gasteiger partial charge in [0.2, 0.25) is 0 Å². The second-order valence-corrected chi connectivity index (χ2v) is 6.20. The highest BCUT2D eigenvalue weighted by Crippen LogP contribution is 2.34. The van der Waals surface area contributed by atoms with Gasteiger partial charge in [-0.15, -0.1) is 0 Å². The Labute approximate surface area is 143 Å². The van der Waals surface area contributed by atoms with Crippen molar-refractivity contribution in [1.29, 1.82) is 0 Å². The molecular formula is C19H25N3O2. The third-order valence-corrected chi connectivity index (χ3v) is 4.60. The second kappa shape index (κ2) is 7.07.